The van der Waals surface area contributed by atoms with E-state index in [1.807, 2.05) is 6.07 Å². The van der Waals surface area contributed by atoms with Crippen LogP contribution in [-0.2, 0) is 4.79 Å². The van der Waals surface area contributed by atoms with Gasteiger partial charge in [0.1, 0.15) is 10.6 Å². The lowest BCUT2D eigenvalue weighted by atomic mass is 9.95. The number of anilines is 1. The summed E-state index contributed by atoms with van der Waals surface area (Å²) in [5, 5.41) is 30.7. The number of fused-ring (bicyclic) bond motifs is 1. The molecule has 2 aromatic heterocycles. The van der Waals surface area contributed by atoms with Crippen molar-refractivity contribution >= 4 is 55.1 Å². The fourth-order valence-electron chi connectivity index (χ4n) is 3.87. The number of aromatic nitrogens is 2. The van der Waals surface area contributed by atoms with Crippen LogP contribution in [0.4, 0.5) is 5.13 Å². The molecular formula is C23H16BrN3O6S. The van der Waals surface area contributed by atoms with Gasteiger partial charge in [0.05, 0.1) is 23.2 Å². The summed E-state index contributed by atoms with van der Waals surface area (Å²) in [6.07, 6.45) is 0. The molecule has 0 radical (unpaired) electrons. The number of aliphatic hydroxyl groups is 1. The molecule has 5 rings (SSSR count). The first-order valence-electron chi connectivity index (χ1n) is 9.96. The maximum Gasteiger partial charge on any atom is 0.296 e. The highest BCUT2D eigenvalue weighted by molar-refractivity contribution is 9.10. The predicted molar refractivity (Wildman–Crippen MR) is 127 cm³/mol. The Kier molecular flexibility index (Phi) is 5.37. The monoisotopic (exact) mass is 541 g/mol. The summed E-state index contributed by atoms with van der Waals surface area (Å²) < 4.78 is 11.3. The van der Waals surface area contributed by atoms with Gasteiger partial charge in [0, 0.05) is 5.39 Å². The van der Waals surface area contributed by atoms with E-state index in [-0.39, 0.29) is 32.4 Å². The van der Waals surface area contributed by atoms with E-state index in [2.05, 4.69) is 26.1 Å². The second-order valence-corrected chi connectivity index (χ2v) is 9.49. The van der Waals surface area contributed by atoms with Crippen LogP contribution >= 0.6 is 27.3 Å². The van der Waals surface area contributed by atoms with Crippen molar-refractivity contribution in [3.8, 4) is 11.5 Å². The predicted octanol–water partition coefficient (Wildman–Crippen LogP) is 4.85. The van der Waals surface area contributed by atoms with Gasteiger partial charge in [-0.2, -0.15) is 0 Å². The lowest BCUT2D eigenvalue weighted by Gasteiger charge is -2.24. The highest BCUT2D eigenvalue weighted by Gasteiger charge is 2.47. The minimum atomic E-state index is -1.08. The molecule has 0 fully saturated rings. The van der Waals surface area contributed by atoms with E-state index < -0.39 is 23.5 Å². The van der Waals surface area contributed by atoms with Gasteiger partial charge in [0.15, 0.2) is 23.0 Å². The highest BCUT2D eigenvalue weighted by Crippen LogP contribution is 2.46. The normalized spacial score (nSPS) is 16.0. The Morgan fingerprint density at radius 1 is 1.21 bits per heavy atom. The van der Waals surface area contributed by atoms with Crippen LogP contribution in [0.3, 0.4) is 0 Å². The van der Waals surface area contributed by atoms with Crippen molar-refractivity contribution in [2.75, 3.05) is 12.0 Å². The molecule has 11 heteroatoms. The van der Waals surface area contributed by atoms with Crippen molar-refractivity contribution in [2.24, 2.45) is 0 Å². The van der Waals surface area contributed by atoms with Crippen LogP contribution in [0.15, 0.2) is 62.7 Å². The number of benzene rings is 2. The lowest BCUT2D eigenvalue weighted by Crippen LogP contribution is -2.31. The van der Waals surface area contributed by atoms with E-state index in [0.717, 1.165) is 11.3 Å². The molecule has 4 aromatic rings. The van der Waals surface area contributed by atoms with Crippen molar-refractivity contribution < 1.29 is 29.0 Å². The van der Waals surface area contributed by atoms with E-state index in [1.54, 1.807) is 37.3 Å². The molecular weight excluding hydrogens is 526 g/mol. The molecule has 2 N–H and O–H groups in total. The molecule has 1 atom stereocenters. The second kappa shape index (κ2) is 8.26. The number of Topliss-reactive ketones (excluding diaryl/α,β-unsaturated/α-hetero) is 1. The maximum absolute atomic E-state index is 13.6. The number of nitrogens with zero attached hydrogens (tertiary/aromatic N) is 3. The van der Waals surface area contributed by atoms with Crippen molar-refractivity contribution in [3.05, 3.63) is 74.6 Å². The number of methoxy groups -OCH3 is 1. The Labute approximate surface area is 205 Å². The number of amides is 1. The van der Waals surface area contributed by atoms with Gasteiger partial charge in [0.25, 0.3) is 5.91 Å². The molecule has 0 aliphatic carbocycles. The number of furan rings is 1. The van der Waals surface area contributed by atoms with E-state index in [9.17, 15) is 19.8 Å². The van der Waals surface area contributed by atoms with Crippen LogP contribution in [0.1, 0.15) is 27.2 Å². The molecule has 1 amide bonds. The molecule has 0 unspecified atom stereocenters. The third-order valence-corrected chi connectivity index (χ3v) is 6.85. The van der Waals surface area contributed by atoms with Gasteiger partial charge in [-0.25, -0.2) is 0 Å². The number of aromatic hydroxyl groups is 1. The maximum atomic E-state index is 13.6. The molecule has 9 nitrogen and oxygen atoms in total. The summed E-state index contributed by atoms with van der Waals surface area (Å²) in [5.74, 6) is -2.23. The number of para-hydroxylation sites is 1. The fraction of sp³-hybridized carbons (Fsp3) is 0.130. The van der Waals surface area contributed by atoms with Crippen molar-refractivity contribution in [3.63, 3.8) is 0 Å². The van der Waals surface area contributed by atoms with Crippen LogP contribution < -0.4 is 9.64 Å². The van der Waals surface area contributed by atoms with Crippen LogP contribution in [0.5, 0.6) is 11.5 Å². The van der Waals surface area contributed by atoms with E-state index in [0.29, 0.717) is 21.5 Å². The van der Waals surface area contributed by atoms with Gasteiger partial charge in [-0.15, -0.1) is 10.2 Å². The smallest absolute Gasteiger partial charge is 0.296 e. The number of halogens is 1. The topological polar surface area (TPSA) is 126 Å². The Morgan fingerprint density at radius 2 is 1.97 bits per heavy atom. The molecule has 1 aliphatic rings. The zero-order valence-corrected chi connectivity index (χ0v) is 20.2. The molecule has 172 valence electrons. The molecule has 0 saturated heterocycles. The fourth-order valence-corrected chi connectivity index (χ4v) is 5.04. The lowest BCUT2D eigenvalue weighted by molar-refractivity contribution is -0.117. The first-order chi connectivity index (χ1) is 16.3. The largest absolute Gasteiger partial charge is 0.503 e. The van der Waals surface area contributed by atoms with Crippen molar-refractivity contribution in [1.82, 2.24) is 10.2 Å². The Hall–Kier alpha value is -3.70. The number of aryl methyl sites for hydroxylation is 1. The Bertz CT molecular complexity index is 1470. The highest BCUT2D eigenvalue weighted by atomic mass is 79.9. The minimum absolute atomic E-state index is 0.0272. The molecule has 1 aliphatic heterocycles. The number of aliphatic hydroxyl groups excluding tert-OH is 1. The number of hydrogen-bond acceptors (Lipinski definition) is 9. The summed E-state index contributed by atoms with van der Waals surface area (Å²) in [7, 11) is 1.38. The van der Waals surface area contributed by atoms with Crippen LogP contribution in [-0.4, -0.2) is 39.2 Å². The van der Waals surface area contributed by atoms with Gasteiger partial charge in [-0.3, -0.25) is 14.5 Å². The van der Waals surface area contributed by atoms with E-state index >= 15 is 0 Å². The van der Waals surface area contributed by atoms with Gasteiger partial charge in [0.2, 0.25) is 10.9 Å². The summed E-state index contributed by atoms with van der Waals surface area (Å²) in [6.45, 7) is 1.73. The van der Waals surface area contributed by atoms with Crippen LogP contribution in [0.2, 0.25) is 0 Å². The zero-order valence-electron chi connectivity index (χ0n) is 17.8. The number of rotatable bonds is 5. The standard InChI is InChI=1S/C23H16BrN3O6S/c1-10-25-26-23(34-10)27-18(12-7-13(24)19(28)15(9-12)32-2)17(21(30)22(27)31)20(29)16-8-11-5-3-4-6-14(11)33-16/h3-9,18,28,30H,1-2H3/t18-/m0/s1. The second-order valence-electron chi connectivity index (χ2n) is 7.47. The molecule has 0 saturated carbocycles. The van der Waals surface area contributed by atoms with Crippen LogP contribution in [0.25, 0.3) is 11.0 Å². The number of phenols is 1. The van der Waals surface area contributed by atoms with Crippen molar-refractivity contribution in [1.29, 1.82) is 0 Å². The van der Waals surface area contributed by atoms with Gasteiger partial charge in [-0.1, -0.05) is 29.5 Å². The minimum Gasteiger partial charge on any atom is -0.503 e. The van der Waals surface area contributed by atoms with Gasteiger partial charge in [-0.05, 0) is 52.7 Å². The SMILES string of the molecule is COc1cc([C@H]2C(C(=O)c3cc4ccccc4o3)=C(O)C(=O)N2c2nnc(C)s2)cc(Br)c1O. The average Bonchev–Trinajstić information content (AvgIpc) is 3.51. The first-order valence-corrected chi connectivity index (χ1v) is 11.6. The molecule has 3 heterocycles. The third kappa shape index (κ3) is 3.44. The zero-order chi connectivity index (χ0) is 24.1. The summed E-state index contributed by atoms with van der Waals surface area (Å²) in [4.78, 5) is 28.0. The summed E-state index contributed by atoms with van der Waals surface area (Å²) in [6, 6.07) is 10.6. The number of phenolic OH excluding ortho intramolecular Hbond substituents is 1. The van der Waals surface area contributed by atoms with E-state index in [1.165, 1.54) is 18.1 Å². The summed E-state index contributed by atoms with van der Waals surface area (Å²) >= 11 is 4.42. The van der Waals surface area contributed by atoms with Gasteiger partial charge >= 0.3 is 0 Å². The molecule has 34 heavy (non-hydrogen) atoms. The van der Waals surface area contributed by atoms with Crippen molar-refractivity contribution in [2.45, 2.75) is 13.0 Å². The molecule has 0 bridgehead atoms. The number of carbonyl (C=O) groups is 2. The number of ether oxygens (including phenoxy) is 1. The summed E-state index contributed by atoms with van der Waals surface area (Å²) in [5.41, 5.74) is 0.709. The number of ketones is 1. The number of hydrogen-bond donors (Lipinski definition) is 2. The van der Waals surface area contributed by atoms with E-state index in [4.69, 9.17) is 9.15 Å². The Balaban J connectivity index is 1.70. The Morgan fingerprint density at radius 3 is 2.65 bits per heavy atom. The molecule has 0 spiro atoms. The average molecular weight is 542 g/mol. The number of carbonyl (C=O) groups excluding carboxylic acids is 2. The van der Waals surface area contributed by atoms with Gasteiger partial charge < -0.3 is 19.4 Å². The third-order valence-electron chi connectivity index (χ3n) is 5.41. The quantitative estimate of drug-likeness (QED) is 0.343. The van der Waals surface area contributed by atoms with Crippen LogP contribution in [0, 0.1) is 6.92 Å². The molecule has 2 aromatic carbocycles. The first kappa shape index (κ1) is 22.1.